The number of carbonyl (C=O) groups excluding carboxylic acids is 1. The third-order valence-corrected chi connectivity index (χ3v) is 5.51. The Kier molecular flexibility index (Phi) is 3.68. The molecule has 0 N–H and O–H groups in total. The number of pyridine rings is 1. The van der Waals surface area contributed by atoms with E-state index in [1.165, 1.54) is 5.56 Å². The third kappa shape index (κ3) is 2.44. The number of nitrogens with zero attached hydrogens (tertiary/aromatic N) is 3. The standard InChI is InChI=1S/C17H19N3OS/c21-17(14-5-9-22-12-14)20-8-4-15-16(20)3-7-19(15)11-13-2-1-6-18-10-13/h1-2,5-6,9-10,12,15-16H,3-4,7-8,11H2/t15-,16+/m0/s1. The van der Waals surface area contributed by atoms with Crippen LogP contribution in [-0.2, 0) is 6.54 Å². The minimum absolute atomic E-state index is 0.206. The topological polar surface area (TPSA) is 36.4 Å². The van der Waals surface area contributed by atoms with E-state index in [2.05, 4.69) is 20.9 Å². The Bertz CT molecular complexity index is 643. The number of hydrogen-bond acceptors (Lipinski definition) is 4. The van der Waals surface area contributed by atoms with E-state index in [4.69, 9.17) is 0 Å². The lowest BCUT2D eigenvalue weighted by atomic mass is 10.1. The number of amides is 1. The van der Waals surface area contributed by atoms with Gasteiger partial charge < -0.3 is 4.90 Å². The smallest absolute Gasteiger partial charge is 0.255 e. The van der Waals surface area contributed by atoms with Crippen LogP contribution in [-0.4, -0.2) is 45.9 Å². The molecule has 22 heavy (non-hydrogen) atoms. The molecule has 0 radical (unpaired) electrons. The van der Waals surface area contributed by atoms with Crippen LogP contribution in [0.15, 0.2) is 41.4 Å². The van der Waals surface area contributed by atoms with Gasteiger partial charge in [-0.15, -0.1) is 0 Å². The second kappa shape index (κ2) is 5.82. The number of hydrogen-bond donors (Lipinski definition) is 0. The van der Waals surface area contributed by atoms with Gasteiger partial charge in [-0.3, -0.25) is 14.7 Å². The molecule has 4 rings (SSSR count). The summed E-state index contributed by atoms with van der Waals surface area (Å²) < 4.78 is 0. The fourth-order valence-corrected chi connectivity index (χ4v) is 4.43. The Morgan fingerprint density at radius 1 is 1.27 bits per heavy atom. The van der Waals surface area contributed by atoms with Crippen LogP contribution in [0.4, 0.5) is 0 Å². The van der Waals surface area contributed by atoms with Gasteiger partial charge >= 0.3 is 0 Å². The fourth-order valence-electron chi connectivity index (χ4n) is 3.80. The van der Waals surface area contributed by atoms with Crippen molar-refractivity contribution in [1.29, 1.82) is 0 Å². The Morgan fingerprint density at radius 2 is 2.18 bits per heavy atom. The minimum Gasteiger partial charge on any atom is -0.334 e. The zero-order valence-corrected chi connectivity index (χ0v) is 13.2. The number of thiophene rings is 1. The maximum absolute atomic E-state index is 12.6. The van der Waals surface area contributed by atoms with Crippen LogP contribution < -0.4 is 0 Å². The van der Waals surface area contributed by atoms with Crippen LogP contribution in [0.3, 0.4) is 0 Å². The molecule has 0 unspecified atom stereocenters. The van der Waals surface area contributed by atoms with E-state index in [1.54, 1.807) is 11.3 Å². The summed E-state index contributed by atoms with van der Waals surface area (Å²) in [7, 11) is 0. The molecule has 2 saturated heterocycles. The second-order valence-electron chi connectivity index (χ2n) is 6.05. The molecule has 0 spiro atoms. The zero-order chi connectivity index (χ0) is 14.9. The van der Waals surface area contributed by atoms with Crippen molar-refractivity contribution in [3.63, 3.8) is 0 Å². The molecule has 1 amide bonds. The minimum atomic E-state index is 0.206. The average molecular weight is 313 g/mol. The SMILES string of the molecule is O=C(c1ccsc1)N1CC[C@H]2[C@H]1CCN2Cc1cccnc1. The van der Waals surface area contributed by atoms with Gasteiger partial charge in [-0.25, -0.2) is 0 Å². The van der Waals surface area contributed by atoms with E-state index < -0.39 is 0 Å². The normalized spacial score (nSPS) is 24.6. The van der Waals surface area contributed by atoms with Crippen molar-refractivity contribution in [2.24, 2.45) is 0 Å². The lowest BCUT2D eigenvalue weighted by molar-refractivity contribution is 0.0732. The van der Waals surface area contributed by atoms with Crippen LogP contribution in [0.1, 0.15) is 28.8 Å². The summed E-state index contributed by atoms with van der Waals surface area (Å²) in [4.78, 5) is 21.4. The van der Waals surface area contributed by atoms with E-state index in [1.807, 2.05) is 35.3 Å². The number of rotatable bonds is 3. The van der Waals surface area contributed by atoms with Crippen molar-refractivity contribution in [2.45, 2.75) is 31.5 Å². The lowest BCUT2D eigenvalue weighted by Gasteiger charge is -2.25. The first-order valence-corrected chi connectivity index (χ1v) is 8.73. The summed E-state index contributed by atoms with van der Waals surface area (Å²) in [6, 6.07) is 6.93. The van der Waals surface area contributed by atoms with Crippen molar-refractivity contribution in [3.8, 4) is 0 Å². The molecule has 4 heterocycles. The highest BCUT2D eigenvalue weighted by atomic mass is 32.1. The van der Waals surface area contributed by atoms with E-state index in [9.17, 15) is 4.79 Å². The number of carbonyl (C=O) groups is 1. The molecule has 4 nitrogen and oxygen atoms in total. The summed E-state index contributed by atoms with van der Waals surface area (Å²) in [5.74, 6) is 0.206. The molecule has 2 aromatic heterocycles. The zero-order valence-electron chi connectivity index (χ0n) is 12.4. The molecule has 2 aromatic rings. The number of aromatic nitrogens is 1. The summed E-state index contributed by atoms with van der Waals surface area (Å²) in [6.45, 7) is 2.89. The number of likely N-dealkylation sites (tertiary alicyclic amines) is 2. The highest BCUT2D eigenvalue weighted by molar-refractivity contribution is 7.08. The van der Waals surface area contributed by atoms with E-state index >= 15 is 0 Å². The molecule has 2 aliphatic heterocycles. The largest absolute Gasteiger partial charge is 0.334 e. The van der Waals surface area contributed by atoms with E-state index in [0.717, 1.165) is 38.0 Å². The van der Waals surface area contributed by atoms with Crippen molar-refractivity contribution >= 4 is 17.2 Å². The maximum Gasteiger partial charge on any atom is 0.255 e. The maximum atomic E-state index is 12.6. The van der Waals surface area contributed by atoms with Crippen LogP contribution >= 0.6 is 11.3 Å². The molecule has 5 heteroatoms. The van der Waals surface area contributed by atoms with Gasteiger partial charge in [0, 0.05) is 49.5 Å². The van der Waals surface area contributed by atoms with E-state index in [-0.39, 0.29) is 5.91 Å². The summed E-state index contributed by atoms with van der Waals surface area (Å²) in [5.41, 5.74) is 2.10. The number of fused-ring (bicyclic) bond motifs is 1. The van der Waals surface area contributed by atoms with Crippen molar-refractivity contribution < 1.29 is 4.79 Å². The fraction of sp³-hybridized carbons (Fsp3) is 0.412. The van der Waals surface area contributed by atoms with Crippen LogP contribution in [0.5, 0.6) is 0 Å². The highest BCUT2D eigenvalue weighted by Crippen LogP contribution is 2.33. The monoisotopic (exact) mass is 313 g/mol. The van der Waals surface area contributed by atoms with Gasteiger partial charge in [0.15, 0.2) is 0 Å². The molecule has 0 saturated carbocycles. The second-order valence-corrected chi connectivity index (χ2v) is 6.83. The predicted octanol–water partition coefficient (Wildman–Crippen LogP) is 2.63. The third-order valence-electron chi connectivity index (χ3n) is 4.83. The van der Waals surface area contributed by atoms with Gasteiger partial charge in [0.2, 0.25) is 0 Å². The van der Waals surface area contributed by atoms with Gasteiger partial charge in [-0.1, -0.05) is 6.07 Å². The van der Waals surface area contributed by atoms with E-state index in [0.29, 0.717) is 12.1 Å². The molecule has 0 aromatic carbocycles. The van der Waals surface area contributed by atoms with Crippen molar-refractivity contribution in [2.75, 3.05) is 13.1 Å². The molecule has 2 fully saturated rings. The van der Waals surface area contributed by atoms with Crippen molar-refractivity contribution in [3.05, 3.63) is 52.5 Å². The molecule has 0 aliphatic carbocycles. The lowest BCUT2D eigenvalue weighted by Crippen LogP contribution is -2.39. The Hall–Kier alpha value is -1.72. The van der Waals surface area contributed by atoms with Gasteiger partial charge in [0.25, 0.3) is 5.91 Å². The molecule has 114 valence electrons. The van der Waals surface area contributed by atoms with Gasteiger partial charge in [0.05, 0.1) is 5.56 Å². The van der Waals surface area contributed by atoms with Crippen LogP contribution in [0, 0.1) is 0 Å². The molecule has 2 aliphatic rings. The predicted molar refractivity (Wildman–Crippen MR) is 86.8 cm³/mol. The Balaban J connectivity index is 1.46. The van der Waals surface area contributed by atoms with Crippen LogP contribution in [0.2, 0.25) is 0 Å². The van der Waals surface area contributed by atoms with Crippen LogP contribution in [0.25, 0.3) is 0 Å². The molecule has 2 atom stereocenters. The first-order chi connectivity index (χ1) is 10.8. The first-order valence-electron chi connectivity index (χ1n) is 7.79. The van der Waals surface area contributed by atoms with Gasteiger partial charge in [0.1, 0.15) is 0 Å². The molecular weight excluding hydrogens is 294 g/mol. The van der Waals surface area contributed by atoms with Crippen molar-refractivity contribution in [1.82, 2.24) is 14.8 Å². The Labute approximate surface area is 134 Å². The average Bonchev–Trinajstić information content (AvgIpc) is 3.26. The van der Waals surface area contributed by atoms with Gasteiger partial charge in [-0.2, -0.15) is 11.3 Å². The highest BCUT2D eigenvalue weighted by Gasteiger charge is 2.44. The molecular formula is C17H19N3OS. The summed E-state index contributed by atoms with van der Waals surface area (Å²) in [5, 5.41) is 3.93. The summed E-state index contributed by atoms with van der Waals surface area (Å²) in [6.07, 6.45) is 5.92. The quantitative estimate of drug-likeness (QED) is 0.874. The molecule has 0 bridgehead atoms. The summed E-state index contributed by atoms with van der Waals surface area (Å²) >= 11 is 1.59. The van der Waals surface area contributed by atoms with Gasteiger partial charge in [-0.05, 0) is 35.9 Å². The Morgan fingerprint density at radius 3 is 2.95 bits per heavy atom. The first kappa shape index (κ1) is 13.9.